The van der Waals surface area contributed by atoms with Gasteiger partial charge in [0.05, 0.1) is 0 Å². The molecule has 7 nitrogen and oxygen atoms in total. The zero-order chi connectivity index (χ0) is 23.3. The summed E-state index contributed by atoms with van der Waals surface area (Å²) in [5.41, 5.74) is 2.85. The van der Waals surface area contributed by atoms with E-state index in [1.165, 1.54) is 0 Å². The van der Waals surface area contributed by atoms with E-state index in [0.29, 0.717) is 21.8 Å². The highest BCUT2D eigenvalue weighted by Gasteiger charge is 2.16. The van der Waals surface area contributed by atoms with E-state index in [1.54, 1.807) is 12.4 Å². The van der Waals surface area contributed by atoms with Crippen LogP contribution in [0.25, 0.3) is 0 Å². The molecule has 2 aromatic rings. The van der Waals surface area contributed by atoms with Gasteiger partial charge in [0, 0.05) is 49.7 Å². The Kier molecular flexibility index (Phi) is 11.0. The molecule has 1 heterocycles. The van der Waals surface area contributed by atoms with Gasteiger partial charge in [-0.3, -0.25) is 4.98 Å². The topological polar surface area (TPSA) is 68.8 Å². The van der Waals surface area contributed by atoms with Crippen LogP contribution in [-0.2, 0) is 0 Å². The normalized spacial score (nSPS) is 13.3. The standard InChI is InChI=1S/C23H31N7S2/c1-5-29(6-2)22(31)27-25-20(18-12-10-9-11-13-18)21(19-14-16-24-17-15-19)26-28-23(32)30(7-3)8-4/h9-17H,5-8H2,1-4H3,(H,27,31)(H,28,32)/b25-20+,26-21+. The number of aromatic nitrogens is 1. The van der Waals surface area contributed by atoms with Crippen molar-refractivity contribution in [2.45, 2.75) is 27.7 Å². The Bertz CT molecular complexity index is 869. The number of nitrogens with zero attached hydrogens (tertiary/aromatic N) is 7. The van der Waals surface area contributed by atoms with Gasteiger partial charge in [0.15, 0.2) is 10.3 Å². The van der Waals surface area contributed by atoms with E-state index in [0.717, 1.165) is 37.3 Å². The van der Waals surface area contributed by atoms with Gasteiger partial charge in [-0.05, 0) is 39.8 Å². The Morgan fingerprint density at radius 2 is 1.06 bits per heavy atom. The van der Waals surface area contributed by atoms with E-state index in [1.807, 2.05) is 52.3 Å². The molecule has 0 amide bonds. The average molecular weight is 470 g/mol. The minimum atomic E-state index is 0.537. The summed E-state index contributed by atoms with van der Waals surface area (Å²) in [6.07, 6.45) is 3.43. The van der Waals surface area contributed by atoms with E-state index in [-0.39, 0.29) is 0 Å². The van der Waals surface area contributed by atoms with E-state index in [2.05, 4.69) is 78.3 Å². The molecule has 0 aliphatic heterocycles. The Labute approximate surface area is 201 Å². The SMILES string of the molecule is CCN(CC)/C(S)=N/N=C(/C(=N/N=C(\S)N(CC)CC)c1ccncc1)c1ccccc1. The maximum atomic E-state index is 4.58. The zero-order valence-corrected chi connectivity index (χ0v) is 20.8. The Hall–Kier alpha value is -2.65. The number of benzene rings is 1. The second kappa shape index (κ2) is 13.7. The predicted molar refractivity (Wildman–Crippen MR) is 142 cm³/mol. The summed E-state index contributed by atoms with van der Waals surface area (Å²) in [5, 5.41) is 19.0. The number of thiol groups is 2. The van der Waals surface area contributed by atoms with Crippen molar-refractivity contribution in [1.29, 1.82) is 0 Å². The molecule has 0 spiro atoms. The van der Waals surface area contributed by atoms with E-state index in [4.69, 9.17) is 0 Å². The van der Waals surface area contributed by atoms with Crippen LogP contribution in [-0.4, -0.2) is 62.7 Å². The molecule has 0 saturated carbocycles. The third kappa shape index (κ3) is 7.20. The van der Waals surface area contributed by atoms with Gasteiger partial charge in [0.25, 0.3) is 0 Å². The molecule has 1 aromatic heterocycles. The molecule has 0 bridgehead atoms. The van der Waals surface area contributed by atoms with Gasteiger partial charge in [0.2, 0.25) is 0 Å². The average Bonchev–Trinajstić information content (AvgIpc) is 2.83. The zero-order valence-electron chi connectivity index (χ0n) is 19.0. The summed E-state index contributed by atoms with van der Waals surface area (Å²) in [4.78, 5) is 8.16. The molecule has 2 rings (SSSR count). The van der Waals surface area contributed by atoms with Crippen LogP contribution in [0.5, 0.6) is 0 Å². The Morgan fingerprint density at radius 1 is 0.656 bits per heavy atom. The fourth-order valence-corrected chi connectivity index (χ4v) is 3.57. The maximum absolute atomic E-state index is 4.58. The summed E-state index contributed by atoms with van der Waals surface area (Å²) >= 11 is 9.07. The largest absolute Gasteiger partial charge is 0.351 e. The minimum absolute atomic E-state index is 0.537. The summed E-state index contributed by atoms with van der Waals surface area (Å²) in [6.45, 7) is 11.4. The van der Waals surface area contributed by atoms with Crippen LogP contribution in [0.1, 0.15) is 38.8 Å². The van der Waals surface area contributed by atoms with Gasteiger partial charge in [-0.15, -0.1) is 45.7 Å². The van der Waals surface area contributed by atoms with Crippen LogP contribution < -0.4 is 0 Å². The van der Waals surface area contributed by atoms with Crippen molar-refractivity contribution in [3.63, 3.8) is 0 Å². The molecule has 0 saturated heterocycles. The first-order chi connectivity index (χ1) is 15.5. The van der Waals surface area contributed by atoms with Crippen molar-refractivity contribution in [3.8, 4) is 0 Å². The Balaban J connectivity index is 2.67. The molecule has 0 fully saturated rings. The van der Waals surface area contributed by atoms with Crippen molar-refractivity contribution in [2.75, 3.05) is 26.2 Å². The molecule has 0 unspecified atom stereocenters. The highest BCUT2D eigenvalue weighted by atomic mass is 32.1. The molecule has 0 aliphatic rings. The third-order valence-electron chi connectivity index (χ3n) is 4.80. The summed E-state index contributed by atoms with van der Waals surface area (Å²) in [6, 6.07) is 13.5. The molecule has 170 valence electrons. The lowest BCUT2D eigenvalue weighted by Crippen LogP contribution is -2.27. The summed E-state index contributed by atoms with van der Waals surface area (Å²) in [5.74, 6) is 0. The van der Waals surface area contributed by atoms with Gasteiger partial charge in [0.1, 0.15) is 11.4 Å². The van der Waals surface area contributed by atoms with Crippen molar-refractivity contribution in [1.82, 2.24) is 14.8 Å². The molecule has 1 aromatic carbocycles. The number of rotatable bonds is 9. The molecular weight excluding hydrogens is 438 g/mol. The van der Waals surface area contributed by atoms with Crippen molar-refractivity contribution >= 4 is 47.0 Å². The van der Waals surface area contributed by atoms with Crippen LogP contribution in [0.2, 0.25) is 0 Å². The quantitative estimate of drug-likeness (QED) is 0.247. The lowest BCUT2D eigenvalue weighted by Gasteiger charge is -2.18. The van der Waals surface area contributed by atoms with E-state index < -0.39 is 0 Å². The molecule has 9 heteroatoms. The first-order valence-corrected chi connectivity index (χ1v) is 11.6. The smallest absolute Gasteiger partial charge is 0.182 e. The minimum Gasteiger partial charge on any atom is -0.351 e. The first kappa shape index (κ1) is 25.6. The highest BCUT2D eigenvalue weighted by Crippen LogP contribution is 2.12. The van der Waals surface area contributed by atoms with Gasteiger partial charge >= 0.3 is 0 Å². The maximum Gasteiger partial charge on any atom is 0.182 e. The van der Waals surface area contributed by atoms with Crippen LogP contribution in [0.4, 0.5) is 0 Å². The molecule has 0 atom stereocenters. The number of hydrogen-bond donors (Lipinski definition) is 2. The van der Waals surface area contributed by atoms with Crippen LogP contribution in [0.3, 0.4) is 0 Å². The lowest BCUT2D eigenvalue weighted by atomic mass is 10.0. The van der Waals surface area contributed by atoms with Crippen molar-refractivity contribution in [3.05, 3.63) is 66.0 Å². The number of hydrogen-bond acceptors (Lipinski definition) is 5. The van der Waals surface area contributed by atoms with Crippen LogP contribution in [0.15, 0.2) is 75.3 Å². The fourth-order valence-electron chi connectivity index (χ4n) is 2.92. The monoisotopic (exact) mass is 469 g/mol. The van der Waals surface area contributed by atoms with Crippen molar-refractivity contribution < 1.29 is 0 Å². The van der Waals surface area contributed by atoms with Gasteiger partial charge in [-0.25, -0.2) is 0 Å². The van der Waals surface area contributed by atoms with Gasteiger partial charge in [-0.1, -0.05) is 30.3 Å². The summed E-state index contributed by atoms with van der Waals surface area (Å²) in [7, 11) is 0. The van der Waals surface area contributed by atoms with Crippen LogP contribution in [0, 0.1) is 0 Å². The summed E-state index contributed by atoms with van der Waals surface area (Å²) < 4.78 is 0. The molecule has 0 radical (unpaired) electrons. The van der Waals surface area contributed by atoms with Gasteiger partial charge in [-0.2, -0.15) is 0 Å². The van der Waals surface area contributed by atoms with E-state index in [9.17, 15) is 0 Å². The third-order valence-corrected chi connectivity index (χ3v) is 5.54. The second-order valence-electron chi connectivity index (χ2n) is 6.64. The Morgan fingerprint density at radius 3 is 1.47 bits per heavy atom. The number of pyridine rings is 1. The predicted octanol–water partition coefficient (Wildman–Crippen LogP) is 4.45. The van der Waals surface area contributed by atoms with Gasteiger partial charge < -0.3 is 9.80 Å². The van der Waals surface area contributed by atoms with Crippen LogP contribution >= 0.6 is 25.3 Å². The molecule has 0 N–H and O–H groups in total. The molecule has 0 aliphatic carbocycles. The van der Waals surface area contributed by atoms with E-state index >= 15 is 0 Å². The molecular formula is C23H31N7S2. The lowest BCUT2D eigenvalue weighted by molar-refractivity contribution is 0.473. The first-order valence-electron chi connectivity index (χ1n) is 10.7. The highest BCUT2D eigenvalue weighted by molar-refractivity contribution is 7.97. The molecule has 32 heavy (non-hydrogen) atoms. The fraction of sp³-hybridized carbons (Fsp3) is 0.348. The second-order valence-corrected chi connectivity index (χ2v) is 7.44. The number of amidine groups is 2. The van der Waals surface area contributed by atoms with Crippen molar-refractivity contribution in [2.24, 2.45) is 20.4 Å².